The third-order valence-electron chi connectivity index (χ3n) is 4.43. The largest absolute Gasteiger partial charge is 0.349 e. The highest BCUT2D eigenvalue weighted by atomic mass is 32.1. The summed E-state index contributed by atoms with van der Waals surface area (Å²) in [7, 11) is 0. The standard InChI is InChI=1S/C19H18F2N2O2S/c20-12-5-6-14(16(21)11-12)19(25)23-9-7-13(8-10-23)22-18(24)15-3-1-2-4-17(15)26/h1-6,11,13,26H,7-10H2,(H,22,24). The second-order valence-electron chi connectivity index (χ2n) is 6.18. The van der Waals surface area contributed by atoms with Crippen LogP contribution in [0.25, 0.3) is 0 Å². The molecule has 0 atom stereocenters. The van der Waals surface area contributed by atoms with Gasteiger partial charge in [-0.25, -0.2) is 8.78 Å². The van der Waals surface area contributed by atoms with Crippen molar-refractivity contribution in [2.75, 3.05) is 13.1 Å². The number of hydrogen-bond donors (Lipinski definition) is 2. The van der Waals surface area contributed by atoms with E-state index in [0.717, 1.165) is 12.1 Å². The van der Waals surface area contributed by atoms with Crippen LogP contribution in [0.5, 0.6) is 0 Å². The predicted octanol–water partition coefficient (Wildman–Crippen LogP) is 3.29. The van der Waals surface area contributed by atoms with Crippen LogP contribution in [-0.4, -0.2) is 35.8 Å². The fraction of sp³-hybridized carbons (Fsp3) is 0.263. The molecular formula is C19H18F2N2O2S. The Balaban J connectivity index is 1.58. The number of thiol groups is 1. The number of carbonyl (C=O) groups excluding carboxylic acids is 2. The Kier molecular flexibility index (Phi) is 5.56. The van der Waals surface area contributed by atoms with E-state index in [-0.39, 0.29) is 17.5 Å². The van der Waals surface area contributed by atoms with Gasteiger partial charge in [0.05, 0.1) is 11.1 Å². The number of carbonyl (C=O) groups is 2. The highest BCUT2D eigenvalue weighted by Gasteiger charge is 2.26. The van der Waals surface area contributed by atoms with Crippen LogP contribution >= 0.6 is 12.6 Å². The molecule has 26 heavy (non-hydrogen) atoms. The first-order valence-electron chi connectivity index (χ1n) is 8.29. The molecule has 1 aliphatic heterocycles. The summed E-state index contributed by atoms with van der Waals surface area (Å²) in [6.45, 7) is 0.784. The number of nitrogens with one attached hydrogen (secondary N) is 1. The SMILES string of the molecule is O=C(NC1CCN(C(=O)c2ccc(F)cc2F)CC1)c1ccccc1S. The Morgan fingerprint density at radius 1 is 1.04 bits per heavy atom. The summed E-state index contributed by atoms with van der Waals surface area (Å²) < 4.78 is 26.8. The minimum atomic E-state index is -0.865. The van der Waals surface area contributed by atoms with E-state index in [1.165, 1.54) is 4.90 Å². The molecule has 1 fully saturated rings. The normalized spacial score (nSPS) is 15.0. The Labute approximate surface area is 155 Å². The Morgan fingerprint density at radius 2 is 1.73 bits per heavy atom. The summed E-state index contributed by atoms with van der Waals surface area (Å²) in [4.78, 5) is 26.8. The number of halogens is 2. The van der Waals surface area contributed by atoms with Gasteiger partial charge in [0, 0.05) is 30.1 Å². The van der Waals surface area contributed by atoms with E-state index in [4.69, 9.17) is 0 Å². The van der Waals surface area contributed by atoms with E-state index >= 15 is 0 Å². The van der Waals surface area contributed by atoms with Crippen molar-refractivity contribution in [2.45, 2.75) is 23.8 Å². The third-order valence-corrected chi connectivity index (χ3v) is 4.82. The molecule has 0 saturated carbocycles. The first-order chi connectivity index (χ1) is 12.5. The lowest BCUT2D eigenvalue weighted by molar-refractivity contribution is 0.0693. The summed E-state index contributed by atoms with van der Waals surface area (Å²) in [5.74, 6) is -2.25. The molecule has 0 unspecified atom stereocenters. The summed E-state index contributed by atoms with van der Waals surface area (Å²) in [6.07, 6.45) is 1.13. The molecule has 3 rings (SSSR count). The van der Waals surface area contributed by atoms with Crippen LogP contribution in [0.3, 0.4) is 0 Å². The minimum Gasteiger partial charge on any atom is -0.349 e. The number of rotatable bonds is 3. The third kappa shape index (κ3) is 4.04. The van der Waals surface area contributed by atoms with Crippen molar-refractivity contribution >= 4 is 24.4 Å². The Hall–Kier alpha value is -2.41. The molecule has 2 amide bonds. The lowest BCUT2D eigenvalue weighted by Gasteiger charge is -2.32. The van der Waals surface area contributed by atoms with Crippen molar-refractivity contribution in [3.05, 3.63) is 65.2 Å². The van der Waals surface area contributed by atoms with Crippen LogP contribution in [0, 0.1) is 11.6 Å². The quantitative estimate of drug-likeness (QED) is 0.808. The second kappa shape index (κ2) is 7.86. The molecule has 0 spiro atoms. The molecule has 0 bridgehead atoms. The van der Waals surface area contributed by atoms with E-state index < -0.39 is 17.5 Å². The minimum absolute atomic E-state index is 0.0717. The van der Waals surface area contributed by atoms with E-state index in [0.29, 0.717) is 42.5 Å². The van der Waals surface area contributed by atoms with Crippen LogP contribution < -0.4 is 5.32 Å². The molecule has 136 valence electrons. The molecule has 7 heteroatoms. The van der Waals surface area contributed by atoms with Crippen LogP contribution in [0.15, 0.2) is 47.4 Å². The van der Waals surface area contributed by atoms with Gasteiger partial charge in [-0.2, -0.15) is 0 Å². The van der Waals surface area contributed by atoms with Gasteiger partial charge in [-0.05, 0) is 37.1 Å². The average molecular weight is 376 g/mol. The van der Waals surface area contributed by atoms with E-state index in [1.807, 2.05) is 0 Å². The van der Waals surface area contributed by atoms with E-state index in [9.17, 15) is 18.4 Å². The number of nitrogens with zero attached hydrogens (tertiary/aromatic N) is 1. The van der Waals surface area contributed by atoms with Gasteiger partial charge in [0.25, 0.3) is 11.8 Å². The topological polar surface area (TPSA) is 49.4 Å². The highest BCUT2D eigenvalue weighted by molar-refractivity contribution is 7.80. The summed E-state index contributed by atoms with van der Waals surface area (Å²) in [5.41, 5.74) is 0.362. The molecule has 4 nitrogen and oxygen atoms in total. The van der Waals surface area contributed by atoms with Crippen LogP contribution in [0.2, 0.25) is 0 Å². The molecule has 0 radical (unpaired) electrons. The molecule has 0 aromatic heterocycles. The van der Waals surface area contributed by atoms with Gasteiger partial charge < -0.3 is 10.2 Å². The molecule has 1 aliphatic rings. The predicted molar refractivity (Wildman–Crippen MR) is 96.4 cm³/mol. The van der Waals surface area contributed by atoms with Crippen molar-refractivity contribution in [1.29, 1.82) is 0 Å². The zero-order valence-electron chi connectivity index (χ0n) is 13.9. The highest BCUT2D eigenvalue weighted by Crippen LogP contribution is 2.18. The lowest BCUT2D eigenvalue weighted by Crippen LogP contribution is -2.46. The van der Waals surface area contributed by atoms with Crippen molar-refractivity contribution in [2.24, 2.45) is 0 Å². The van der Waals surface area contributed by atoms with Crippen molar-refractivity contribution in [3.63, 3.8) is 0 Å². The van der Waals surface area contributed by atoms with Crippen LogP contribution in [0.4, 0.5) is 8.78 Å². The molecule has 2 aromatic carbocycles. The summed E-state index contributed by atoms with van der Waals surface area (Å²) in [5, 5.41) is 2.94. The fourth-order valence-electron chi connectivity index (χ4n) is 2.99. The first kappa shape index (κ1) is 18.4. The van der Waals surface area contributed by atoms with E-state index in [2.05, 4.69) is 17.9 Å². The van der Waals surface area contributed by atoms with Gasteiger partial charge in [0.15, 0.2) is 0 Å². The molecule has 2 aromatic rings. The van der Waals surface area contributed by atoms with Gasteiger partial charge in [-0.15, -0.1) is 12.6 Å². The van der Waals surface area contributed by atoms with Gasteiger partial charge in [-0.3, -0.25) is 9.59 Å². The lowest BCUT2D eigenvalue weighted by atomic mass is 10.0. The fourth-order valence-corrected chi connectivity index (χ4v) is 3.25. The van der Waals surface area contributed by atoms with Gasteiger partial charge in [-0.1, -0.05) is 12.1 Å². The Bertz CT molecular complexity index is 836. The first-order valence-corrected chi connectivity index (χ1v) is 8.73. The second-order valence-corrected chi connectivity index (χ2v) is 6.66. The number of hydrogen-bond acceptors (Lipinski definition) is 3. The zero-order valence-corrected chi connectivity index (χ0v) is 14.8. The summed E-state index contributed by atoms with van der Waals surface area (Å²) in [6, 6.07) is 9.88. The van der Waals surface area contributed by atoms with Gasteiger partial charge >= 0.3 is 0 Å². The molecule has 0 aliphatic carbocycles. The van der Waals surface area contributed by atoms with Crippen molar-refractivity contribution < 1.29 is 18.4 Å². The van der Waals surface area contributed by atoms with Crippen LogP contribution in [-0.2, 0) is 0 Å². The summed E-state index contributed by atoms with van der Waals surface area (Å²) >= 11 is 4.28. The van der Waals surface area contributed by atoms with E-state index in [1.54, 1.807) is 24.3 Å². The maximum Gasteiger partial charge on any atom is 0.256 e. The number of amides is 2. The van der Waals surface area contributed by atoms with Gasteiger partial charge in [0.2, 0.25) is 0 Å². The smallest absolute Gasteiger partial charge is 0.256 e. The number of likely N-dealkylation sites (tertiary alicyclic amines) is 1. The Morgan fingerprint density at radius 3 is 2.38 bits per heavy atom. The molecule has 1 heterocycles. The maximum absolute atomic E-state index is 13.8. The average Bonchev–Trinajstić information content (AvgIpc) is 2.62. The molecule has 1 N–H and O–H groups in total. The number of benzene rings is 2. The zero-order chi connectivity index (χ0) is 18.7. The van der Waals surface area contributed by atoms with Crippen LogP contribution in [0.1, 0.15) is 33.6 Å². The molecule has 1 saturated heterocycles. The van der Waals surface area contributed by atoms with Gasteiger partial charge in [0.1, 0.15) is 11.6 Å². The molecular weight excluding hydrogens is 358 g/mol. The monoisotopic (exact) mass is 376 g/mol. The van der Waals surface area contributed by atoms with Crippen molar-refractivity contribution in [1.82, 2.24) is 10.2 Å². The van der Waals surface area contributed by atoms with Crippen molar-refractivity contribution in [3.8, 4) is 0 Å². The number of piperidine rings is 1. The maximum atomic E-state index is 13.8.